The zero-order chi connectivity index (χ0) is 17.3. The molecule has 156 valence electrons. The molecule has 1 fully saturated rings. The van der Waals surface area contributed by atoms with Crippen molar-refractivity contribution < 1.29 is 0 Å². The van der Waals surface area contributed by atoms with E-state index in [9.17, 15) is 0 Å². The molecule has 0 heteroatoms. The monoisotopic (exact) mass is 356 g/mol. The van der Waals surface area contributed by atoms with E-state index in [0.717, 1.165) is 17.8 Å². The highest BCUT2D eigenvalue weighted by Gasteiger charge is 2.16. The molecule has 0 unspecified atom stereocenters. The average molecular weight is 357 g/mol. The Bertz CT molecular complexity index is 174. The molecule has 0 bridgehead atoms. The van der Waals surface area contributed by atoms with E-state index in [4.69, 9.17) is 0 Å². The molecule has 0 aromatic rings. The van der Waals surface area contributed by atoms with Gasteiger partial charge in [-0.25, -0.2) is 0 Å². The standard InChI is InChI=1S/C15H32.C8H16.2CH4/c1-6-13(7-2)11-15(10-5)12-14(8-3)9-4;1-2-4-6-8-7-5-3-1;;/h13-15H,6-12H2,1-5H3;1-8H2;2*1H4. The lowest BCUT2D eigenvalue weighted by Crippen LogP contribution is -2.12. The van der Waals surface area contributed by atoms with Crippen LogP contribution in [0.1, 0.15) is 146 Å². The molecule has 1 rings (SSSR count). The fourth-order valence-corrected chi connectivity index (χ4v) is 4.03. The number of hydrogen-bond acceptors (Lipinski definition) is 0. The Balaban J connectivity index is -0.000000412. The molecular weight excluding hydrogens is 300 g/mol. The van der Waals surface area contributed by atoms with Crippen molar-refractivity contribution in [1.82, 2.24) is 0 Å². The van der Waals surface area contributed by atoms with E-state index in [0.29, 0.717) is 0 Å². The molecular formula is C25H56. The highest BCUT2D eigenvalue weighted by atomic mass is 14.2. The first-order valence-corrected chi connectivity index (χ1v) is 11.2. The quantitative estimate of drug-likeness (QED) is 0.385. The maximum atomic E-state index is 2.37. The fourth-order valence-electron chi connectivity index (χ4n) is 4.03. The van der Waals surface area contributed by atoms with Gasteiger partial charge in [0.15, 0.2) is 0 Å². The summed E-state index contributed by atoms with van der Waals surface area (Å²) in [4.78, 5) is 0. The van der Waals surface area contributed by atoms with Crippen molar-refractivity contribution in [1.29, 1.82) is 0 Å². The highest BCUT2D eigenvalue weighted by Crippen LogP contribution is 2.28. The highest BCUT2D eigenvalue weighted by molar-refractivity contribution is 4.68. The minimum Gasteiger partial charge on any atom is -0.0776 e. The van der Waals surface area contributed by atoms with Crippen molar-refractivity contribution in [3.8, 4) is 0 Å². The summed E-state index contributed by atoms with van der Waals surface area (Å²) in [5.41, 5.74) is 0. The van der Waals surface area contributed by atoms with Gasteiger partial charge in [0.05, 0.1) is 0 Å². The summed E-state index contributed by atoms with van der Waals surface area (Å²) in [6.45, 7) is 11.8. The Morgan fingerprint density at radius 1 is 0.400 bits per heavy atom. The number of rotatable bonds is 9. The van der Waals surface area contributed by atoms with E-state index in [1.54, 1.807) is 0 Å². The third kappa shape index (κ3) is 17.2. The smallest absolute Gasteiger partial charge is 0.0412 e. The van der Waals surface area contributed by atoms with Gasteiger partial charge < -0.3 is 0 Å². The minimum absolute atomic E-state index is 0. The lowest BCUT2D eigenvalue weighted by molar-refractivity contribution is 0.278. The Kier molecular flexibility index (Phi) is 26.2. The van der Waals surface area contributed by atoms with E-state index >= 15 is 0 Å². The van der Waals surface area contributed by atoms with Crippen LogP contribution in [0.25, 0.3) is 0 Å². The van der Waals surface area contributed by atoms with Crippen LogP contribution in [0, 0.1) is 17.8 Å². The predicted molar refractivity (Wildman–Crippen MR) is 122 cm³/mol. The first-order valence-electron chi connectivity index (χ1n) is 11.2. The van der Waals surface area contributed by atoms with Gasteiger partial charge in [-0.15, -0.1) is 0 Å². The SMILES string of the molecule is C.C.C1CCCCCCC1.CCC(CC)CC(CC)CC(CC)CC. The molecule has 0 radical (unpaired) electrons. The average Bonchev–Trinajstić information content (AvgIpc) is 2.55. The Labute approximate surface area is 164 Å². The summed E-state index contributed by atoms with van der Waals surface area (Å²) in [6.07, 6.45) is 21.8. The van der Waals surface area contributed by atoms with Crippen molar-refractivity contribution in [2.24, 2.45) is 17.8 Å². The van der Waals surface area contributed by atoms with Crippen LogP contribution >= 0.6 is 0 Å². The second-order valence-electron chi connectivity index (χ2n) is 7.94. The third-order valence-electron chi connectivity index (χ3n) is 6.22. The summed E-state index contributed by atoms with van der Waals surface area (Å²) in [5, 5.41) is 0. The van der Waals surface area contributed by atoms with Gasteiger partial charge in [-0.1, -0.05) is 133 Å². The summed E-state index contributed by atoms with van der Waals surface area (Å²) >= 11 is 0. The normalized spacial score (nSPS) is 14.9. The van der Waals surface area contributed by atoms with Gasteiger partial charge in [0.2, 0.25) is 0 Å². The maximum Gasteiger partial charge on any atom is -0.0412 e. The summed E-state index contributed by atoms with van der Waals surface area (Å²) in [5.74, 6) is 2.94. The molecule has 1 saturated carbocycles. The van der Waals surface area contributed by atoms with Crippen LogP contribution in [0.2, 0.25) is 0 Å². The Hall–Kier alpha value is 0. The molecule has 0 atom stereocenters. The minimum atomic E-state index is 0. The van der Waals surface area contributed by atoms with E-state index in [1.807, 2.05) is 0 Å². The lowest BCUT2D eigenvalue weighted by Gasteiger charge is -2.24. The molecule has 0 saturated heterocycles. The van der Waals surface area contributed by atoms with E-state index in [-0.39, 0.29) is 14.9 Å². The van der Waals surface area contributed by atoms with Gasteiger partial charge in [0, 0.05) is 0 Å². The molecule has 0 heterocycles. The van der Waals surface area contributed by atoms with Crippen LogP contribution in [0.3, 0.4) is 0 Å². The molecule has 0 aromatic heterocycles. The Morgan fingerprint density at radius 2 is 0.600 bits per heavy atom. The largest absolute Gasteiger partial charge is 0.0776 e. The van der Waals surface area contributed by atoms with Crippen molar-refractivity contribution in [2.45, 2.75) is 146 Å². The molecule has 0 aliphatic heterocycles. The zero-order valence-electron chi connectivity index (χ0n) is 17.3. The second kappa shape index (κ2) is 22.0. The molecule has 0 amide bonds. The topological polar surface area (TPSA) is 0 Å². The van der Waals surface area contributed by atoms with Crippen LogP contribution in [0.15, 0.2) is 0 Å². The van der Waals surface area contributed by atoms with Crippen molar-refractivity contribution in [3.63, 3.8) is 0 Å². The van der Waals surface area contributed by atoms with E-state index in [2.05, 4.69) is 34.6 Å². The molecule has 0 spiro atoms. The number of hydrogen-bond donors (Lipinski definition) is 0. The predicted octanol–water partition coefficient (Wildman–Crippen LogP) is 10.1. The first-order chi connectivity index (χ1) is 11.2. The summed E-state index contributed by atoms with van der Waals surface area (Å²) in [6, 6.07) is 0. The first kappa shape index (κ1) is 29.8. The van der Waals surface area contributed by atoms with Gasteiger partial charge in [-0.2, -0.15) is 0 Å². The maximum absolute atomic E-state index is 2.37. The van der Waals surface area contributed by atoms with Crippen molar-refractivity contribution >= 4 is 0 Å². The van der Waals surface area contributed by atoms with E-state index in [1.165, 1.54) is 96.3 Å². The van der Waals surface area contributed by atoms with Crippen LogP contribution < -0.4 is 0 Å². The van der Waals surface area contributed by atoms with Gasteiger partial charge in [0.25, 0.3) is 0 Å². The van der Waals surface area contributed by atoms with Crippen LogP contribution in [0.4, 0.5) is 0 Å². The molecule has 0 N–H and O–H groups in total. The summed E-state index contributed by atoms with van der Waals surface area (Å²) in [7, 11) is 0. The van der Waals surface area contributed by atoms with E-state index < -0.39 is 0 Å². The molecule has 1 aliphatic rings. The molecule has 25 heavy (non-hydrogen) atoms. The van der Waals surface area contributed by atoms with Gasteiger partial charge >= 0.3 is 0 Å². The van der Waals surface area contributed by atoms with Crippen LogP contribution in [0.5, 0.6) is 0 Å². The van der Waals surface area contributed by atoms with Crippen molar-refractivity contribution in [3.05, 3.63) is 0 Å². The van der Waals surface area contributed by atoms with Gasteiger partial charge in [-0.05, 0) is 30.6 Å². The van der Waals surface area contributed by atoms with Crippen molar-refractivity contribution in [2.75, 3.05) is 0 Å². The third-order valence-corrected chi connectivity index (χ3v) is 6.22. The zero-order valence-corrected chi connectivity index (χ0v) is 17.3. The fraction of sp³-hybridized carbons (Fsp3) is 1.00. The molecule has 0 nitrogen and oxygen atoms in total. The van der Waals surface area contributed by atoms with Crippen LogP contribution in [-0.2, 0) is 0 Å². The summed E-state index contributed by atoms with van der Waals surface area (Å²) < 4.78 is 0. The lowest BCUT2D eigenvalue weighted by atomic mass is 9.82. The molecule has 1 aliphatic carbocycles. The van der Waals surface area contributed by atoms with Crippen LogP contribution in [-0.4, -0.2) is 0 Å². The van der Waals surface area contributed by atoms with Gasteiger partial charge in [-0.3, -0.25) is 0 Å². The Morgan fingerprint density at radius 3 is 0.760 bits per heavy atom. The van der Waals surface area contributed by atoms with Gasteiger partial charge in [0.1, 0.15) is 0 Å². The molecule has 0 aromatic carbocycles. The second-order valence-corrected chi connectivity index (χ2v) is 7.94.